The van der Waals surface area contributed by atoms with Gasteiger partial charge in [-0.2, -0.15) is 0 Å². The molecule has 9 nitrogen and oxygen atoms in total. The van der Waals surface area contributed by atoms with Gasteiger partial charge in [-0.15, -0.1) is 0 Å². The van der Waals surface area contributed by atoms with Crippen LogP contribution in [0.4, 0.5) is 17.5 Å². The molecule has 9 heteroatoms. The summed E-state index contributed by atoms with van der Waals surface area (Å²) in [6, 6.07) is 9.40. The number of hydrogen-bond donors (Lipinski definition) is 2. The molecule has 0 aliphatic carbocycles. The summed E-state index contributed by atoms with van der Waals surface area (Å²) in [5.74, 6) is 2.05. The Hall–Kier alpha value is -3.30. The smallest absolute Gasteiger partial charge is 0.252 e. The highest BCUT2D eigenvalue weighted by molar-refractivity contribution is 5.65. The molecule has 0 saturated carbocycles. The summed E-state index contributed by atoms with van der Waals surface area (Å²) >= 11 is 0. The second-order valence-electron chi connectivity index (χ2n) is 7.70. The molecule has 0 spiro atoms. The standard InChI is InChI=1S/C22H24N6O3/c1-14-12-31-11-9-28(14)21-17-13-30-10-7-18(17)25-20(27-21)15-2-4-16(5-3-15)24-22-23-8-6-19(29)26-22/h2-6,8,14H,7,9-13H2,1H3,(H2,23,24,26,29). The predicted octanol–water partition coefficient (Wildman–Crippen LogP) is 2.27. The molecule has 5 rings (SSSR count). The van der Waals surface area contributed by atoms with Crippen LogP contribution < -0.4 is 15.8 Å². The van der Waals surface area contributed by atoms with Crippen LogP contribution in [0.2, 0.25) is 0 Å². The molecule has 1 aromatic carbocycles. The maximum absolute atomic E-state index is 11.4. The number of anilines is 3. The average Bonchev–Trinajstić information content (AvgIpc) is 2.79. The number of morpholine rings is 1. The number of hydrogen-bond acceptors (Lipinski definition) is 8. The van der Waals surface area contributed by atoms with E-state index in [2.05, 4.69) is 27.1 Å². The summed E-state index contributed by atoms with van der Waals surface area (Å²) in [4.78, 5) is 30.3. The van der Waals surface area contributed by atoms with E-state index in [1.165, 1.54) is 12.3 Å². The molecule has 2 aliphatic rings. The van der Waals surface area contributed by atoms with Crippen molar-refractivity contribution in [3.63, 3.8) is 0 Å². The van der Waals surface area contributed by atoms with Crippen LogP contribution in [0.5, 0.6) is 0 Å². The maximum atomic E-state index is 11.4. The van der Waals surface area contributed by atoms with Crippen molar-refractivity contribution < 1.29 is 9.47 Å². The van der Waals surface area contributed by atoms with Crippen LogP contribution in [0.3, 0.4) is 0 Å². The van der Waals surface area contributed by atoms with Gasteiger partial charge in [0.05, 0.1) is 38.2 Å². The minimum atomic E-state index is -0.203. The molecule has 4 heterocycles. The van der Waals surface area contributed by atoms with Crippen molar-refractivity contribution in [2.24, 2.45) is 0 Å². The highest BCUT2D eigenvalue weighted by Gasteiger charge is 2.27. The molecular weight excluding hydrogens is 396 g/mol. The Labute approximate surface area is 179 Å². The van der Waals surface area contributed by atoms with Crippen LogP contribution in [0.15, 0.2) is 41.3 Å². The molecule has 0 radical (unpaired) electrons. The van der Waals surface area contributed by atoms with Crippen molar-refractivity contribution in [1.82, 2.24) is 19.9 Å². The summed E-state index contributed by atoms with van der Waals surface area (Å²) in [6.45, 7) is 5.54. The Balaban J connectivity index is 1.47. The van der Waals surface area contributed by atoms with Gasteiger partial charge in [0.15, 0.2) is 5.82 Å². The Kier molecular flexibility index (Phi) is 5.35. The predicted molar refractivity (Wildman–Crippen MR) is 117 cm³/mol. The van der Waals surface area contributed by atoms with Crippen molar-refractivity contribution >= 4 is 17.5 Å². The summed E-state index contributed by atoms with van der Waals surface area (Å²) < 4.78 is 11.3. The van der Waals surface area contributed by atoms with Crippen molar-refractivity contribution in [2.45, 2.75) is 26.0 Å². The van der Waals surface area contributed by atoms with Crippen molar-refractivity contribution in [3.8, 4) is 11.4 Å². The number of aromatic amines is 1. The number of nitrogens with zero attached hydrogens (tertiary/aromatic N) is 4. The number of nitrogens with one attached hydrogen (secondary N) is 2. The van der Waals surface area contributed by atoms with E-state index in [9.17, 15) is 4.79 Å². The lowest BCUT2D eigenvalue weighted by molar-refractivity contribution is 0.0952. The van der Waals surface area contributed by atoms with Crippen LogP contribution in [0.25, 0.3) is 11.4 Å². The van der Waals surface area contributed by atoms with E-state index in [1.807, 2.05) is 24.3 Å². The summed E-state index contributed by atoms with van der Waals surface area (Å²) in [5, 5.41) is 3.10. The van der Waals surface area contributed by atoms with E-state index in [0.717, 1.165) is 41.3 Å². The zero-order chi connectivity index (χ0) is 21.2. The van der Waals surface area contributed by atoms with Crippen LogP contribution in [-0.4, -0.2) is 52.3 Å². The molecule has 3 aromatic rings. The minimum Gasteiger partial charge on any atom is -0.377 e. The first-order chi connectivity index (χ1) is 15.2. The molecule has 31 heavy (non-hydrogen) atoms. The molecule has 2 N–H and O–H groups in total. The van der Waals surface area contributed by atoms with E-state index in [4.69, 9.17) is 19.4 Å². The summed E-state index contributed by atoms with van der Waals surface area (Å²) in [6.07, 6.45) is 2.25. The van der Waals surface area contributed by atoms with E-state index in [1.54, 1.807) is 0 Å². The quantitative estimate of drug-likeness (QED) is 0.662. The molecule has 0 amide bonds. The third-order valence-corrected chi connectivity index (χ3v) is 5.52. The molecule has 1 fully saturated rings. The molecule has 160 valence electrons. The molecule has 2 aliphatic heterocycles. The SMILES string of the molecule is CC1COCCN1c1nc(-c2ccc(Nc3nccc(=O)[nH]3)cc2)nc2c1COCC2. The van der Waals surface area contributed by atoms with Gasteiger partial charge in [0.1, 0.15) is 5.82 Å². The largest absolute Gasteiger partial charge is 0.377 e. The fourth-order valence-corrected chi connectivity index (χ4v) is 3.90. The highest BCUT2D eigenvalue weighted by Crippen LogP contribution is 2.31. The van der Waals surface area contributed by atoms with Crippen LogP contribution in [0.1, 0.15) is 18.2 Å². The Morgan fingerprint density at radius 2 is 2.00 bits per heavy atom. The lowest BCUT2D eigenvalue weighted by Crippen LogP contribution is -2.45. The Morgan fingerprint density at radius 3 is 2.81 bits per heavy atom. The first-order valence-corrected chi connectivity index (χ1v) is 10.4. The topological polar surface area (TPSA) is 105 Å². The van der Waals surface area contributed by atoms with Gasteiger partial charge >= 0.3 is 0 Å². The van der Waals surface area contributed by atoms with Crippen molar-refractivity contribution in [3.05, 3.63) is 58.1 Å². The third kappa shape index (κ3) is 4.14. The molecular formula is C22H24N6O3. The van der Waals surface area contributed by atoms with Gasteiger partial charge in [0.2, 0.25) is 5.95 Å². The lowest BCUT2D eigenvalue weighted by Gasteiger charge is -2.36. The highest BCUT2D eigenvalue weighted by atomic mass is 16.5. The fraction of sp³-hybridized carbons (Fsp3) is 0.364. The number of fused-ring (bicyclic) bond motifs is 1. The number of H-pyrrole nitrogens is 1. The maximum Gasteiger partial charge on any atom is 0.252 e. The second-order valence-corrected chi connectivity index (χ2v) is 7.70. The third-order valence-electron chi connectivity index (χ3n) is 5.52. The molecule has 1 unspecified atom stereocenters. The number of benzene rings is 1. The van der Waals surface area contributed by atoms with Gasteiger partial charge in [-0.3, -0.25) is 9.78 Å². The van der Waals surface area contributed by atoms with Crippen LogP contribution in [0, 0.1) is 0 Å². The molecule has 1 atom stereocenters. The van der Waals surface area contributed by atoms with Gasteiger partial charge in [-0.05, 0) is 31.2 Å². The zero-order valence-electron chi connectivity index (χ0n) is 17.3. The van der Waals surface area contributed by atoms with E-state index >= 15 is 0 Å². The van der Waals surface area contributed by atoms with E-state index < -0.39 is 0 Å². The Bertz CT molecular complexity index is 1130. The minimum absolute atomic E-state index is 0.203. The second kappa shape index (κ2) is 8.44. The monoisotopic (exact) mass is 420 g/mol. The van der Waals surface area contributed by atoms with Crippen molar-refractivity contribution in [2.75, 3.05) is 36.6 Å². The van der Waals surface area contributed by atoms with Gasteiger partial charge in [0, 0.05) is 42.0 Å². The van der Waals surface area contributed by atoms with Crippen LogP contribution in [-0.2, 0) is 22.5 Å². The number of ether oxygens (including phenoxy) is 2. The van der Waals surface area contributed by atoms with Gasteiger partial charge in [0.25, 0.3) is 5.56 Å². The number of rotatable bonds is 4. The Morgan fingerprint density at radius 1 is 1.13 bits per heavy atom. The fourth-order valence-electron chi connectivity index (χ4n) is 3.90. The normalized spacial score (nSPS) is 18.5. The van der Waals surface area contributed by atoms with E-state index in [0.29, 0.717) is 38.2 Å². The molecule has 1 saturated heterocycles. The van der Waals surface area contributed by atoms with Gasteiger partial charge in [-0.1, -0.05) is 0 Å². The van der Waals surface area contributed by atoms with E-state index in [-0.39, 0.29) is 11.6 Å². The van der Waals surface area contributed by atoms with Crippen molar-refractivity contribution in [1.29, 1.82) is 0 Å². The van der Waals surface area contributed by atoms with Crippen LogP contribution >= 0.6 is 0 Å². The van der Waals surface area contributed by atoms with Gasteiger partial charge in [-0.25, -0.2) is 15.0 Å². The summed E-state index contributed by atoms with van der Waals surface area (Å²) in [5.41, 5.74) is 3.67. The number of aromatic nitrogens is 4. The molecule has 2 aromatic heterocycles. The first kappa shape index (κ1) is 19.7. The van der Waals surface area contributed by atoms with Gasteiger partial charge < -0.3 is 19.7 Å². The first-order valence-electron chi connectivity index (χ1n) is 10.4. The molecule has 0 bridgehead atoms. The summed E-state index contributed by atoms with van der Waals surface area (Å²) in [7, 11) is 0. The lowest BCUT2D eigenvalue weighted by atomic mass is 10.1. The average molecular weight is 420 g/mol. The zero-order valence-corrected chi connectivity index (χ0v) is 17.3.